The van der Waals surface area contributed by atoms with Crippen molar-refractivity contribution in [2.45, 2.75) is 25.9 Å². The van der Waals surface area contributed by atoms with Crippen LogP contribution in [-0.2, 0) is 16.1 Å². The molecule has 7 nitrogen and oxygen atoms in total. The van der Waals surface area contributed by atoms with E-state index in [0.29, 0.717) is 25.1 Å². The predicted molar refractivity (Wildman–Crippen MR) is 107 cm³/mol. The number of aryl methyl sites for hydroxylation is 2. The van der Waals surface area contributed by atoms with E-state index in [1.54, 1.807) is 29.4 Å². The molecule has 152 valence electrons. The van der Waals surface area contributed by atoms with Crippen molar-refractivity contribution in [3.8, 4) is 0 Å². The fourth-order valence-corrected chi connectivity index (χ4v) is 3.97. The lowest BCUT2D eigenvalue weighted by molar-refractivity contribution is -0.695. The molecule has 30 heavy (non-hydrogen) atoms. The van der Waals surface area contributed by atoms with E-state index in [4.69, 9.17) is 0 Å². The van der Waals surface area contributed by atoms with Crippen LogP contribution in [0.4, 0.5) is 0 Å². The Morgan fingerprint density at radius 2 is 2.00 bits per heavy atom. The fourth-order valence-electron chi connectivity index (χ4n) is 3.97. The van der Waals surface area contributed by atoms with Gasteiger partial charge < -0.3 is 4.90 Å². The number of nitrogens with one attached hydrogen (secondary N) is 2. The molecule has 1 aliphatic rings. The lowest BCUT2D eigenvalue weighted by Gasteiger charge is -2.25. The first-order chi connectivity index (χ1) is 14.6. The second-order valence-corrected chi connectivity index (χ2v) is 7.56. The topological polar surface area (TPSA) is 88.3 Å². The van der Waals surface area contributed by atoms with E-state index in [2.05, 4.69) is 9.97 Å². The van der Waals surface area contributed by atoms with Crippen LogP contribution in [0.15, 0.2) is 67.5 Å². The molecule has 3 heterocycles. The molecule has 2 N–H and O–H groups in total. The normalized spacial score (nSPS) is 18.8. The second kappa shape index (κ2) is 8.41. The first kappa shape index (κ1) is 19.7. The SMILES string of the molecule is Cc1ccc(C(=O)C2C(=O)C(=O)N(CCC[n+]3cc[nH]c3)C2c2ccc[nH+]c2)cc1. The van der Waals surface area contributed by atoms with E-state index in [0.717, 1.165) is 11.1 Å². The summed E-state index contributed by atoms with van der Waals surface area (Å²) in [6.07, 6.45) is 9.74. The lowest BCUT2D eigenvalue weighted by Crippen LogP contribution is -2.36. The van der Waals surface area contributed by atoms with Crippen molar-refractivity contribution in [3.63, 3.8) is 0 Å². The van der Waals surface area contributed by atoms with Crippen LogP contribution in [0.1, 0.15) is 33.9 Å². The molecule has 2 unspecified atom stereocenters. The number of aromatic nitrogens is 3. The number of nitrogens with zero attached hydrogens (tertiary/aromatic N) is 2. The quantitative estimate of drug-likeness (QED) is 0.280. The van der Waals surface area contributed by atoms with Gasteiger partial charge in [-0.05, 0) is 13.0 Å². The maximum atomic E-state index is 13.3. The third-order valence-corrected chi connectivity index (χ3v) is 5.51. The molecule has 4 rings (SSSR count). The zero-order chi connectivity index (χ0) is 21.1. The Hall–Kier alpha value is -3.61. The standard InChI is InChI=1S/C23H22N4O3/c1-16-5-7-17(8-6-16)21(28)19-20(18-4-2-9-24-14-18)27(23(30)22(19)29)12-3-11-26-13-10-25-15-26/h2,4-10,13-15,19-20H,3,11-12H2,1H3/p+2. The summed E-state index contributed by atoms with van der Waals surface area (Å²) in [6, 6.07) is 10.1. The molecule has 1 saturated heterocycles. The molecule has 0 aliphatic carbocycles. The van der Waals surface area contributed by atoms with E-state index in [-0.39, 0.29) is 5.78 Å². The summed E-state index contributed by atoms with van der Waals surface area (Å²) in [5.74, 6) is -2.59. The summed E-state index contributed by atoms with van der Waals surface area (Å²) in [4.78, 5) is 46.6. The molecule has 7 heteroatoms. The van der Waals surface area contributed by atoms with E-state index >= 15 is 0 Å². The third kappa shape index (κ3) is 3.78. The van der Waals surface area contributed by atoms with Gasteiger partial charge in [-0.1, -0.05) is 29.8 Å². The predicted octanol–water partition coefficient (Wildman–Crippen LogP) is 1.47. The van der Waals surface area contributed by atoms with Gasteiger partial charge in [0.2, 0.25) is 12.1 Å². The van der Waals surface area contributed by atoms with Crippen LogP contribution in [0, 0.1) is 12.8 Å². The molecule has 1 aliphatic heterocycles. The van der Waals surface area contributed by atoms with Gasteiger partial charge in [0.15, 0.2) is 18.2 Å². The monoisotopic (exact) mass is 404 g/mol. The Kier molecular flexibility index (Phi) is 5.52. The number of rotatable bonds is 7. The van der Waals surface area contributed by atoms with Crippen molar-refractivity contribution in [2.75, 3.05) is 6.54 Å². The highest BCUT2D eigenvalue weighted by molar-refractivity contribution is 6.44. The number of pyridine rings is 1. The Bertz CT molecular complexity index is 1050. The molecule has 1 aromatic carbocycles. The maximum absolute atomic E-state index is 13.3. The lowest BCUT2D eigenvalue weighted by atomic mass is 9.86. The molecule has 2 aromatic heterocycles. The molecule has 3 aromatic rings. The Morgan fingerprint density at radius 3 is 2.67 bits per heavy atom. The first-order valence-corrected chi connectivity index (χ1v) is 10.00. The smallest absolute Gasteiger partial charge is 0.291 e. The van der Waals surface area contributed by atoms with Crippen LogP contribution in [0.3, 0.4) is 0 Å². The third-order valence-electron chi connectivity index (χ3n) is 5.51. The van der Waals surface area contributed by atoms with Crippen molar-refractivity contribution in [3.05, 3.63) is 84.2 Å². The number of likely N-dealkylation sites (tertiary alicyclic amines) is 1. The Labute approximate surface area is 174 Å². The maximum Gasteiger partial charge on any atom is 0.291 e. The summed E-state index contributed by atoms with van der Waals surface area (Å²) in [6.45, 7) is 3.02. The highest BCUT2D eigenvalue weighted by Crippen LogP contribution is 2.37. The first-order valence-electron chi connectivity index (χ1n) is 10.00. The summed E-state index contributed by atoms with van der Waals surface area (Å²) in [5.41, 5.74) is 2.22. The molecule has 0 radical (unpaired) electrons. The molecule has 1 amide bonds. The number of imidazole rings is 1. The van der Waals surface area contributed by atoms with Gasteiger partial charge in [0.05, 0.1) is 12.6 Å². The van der Waals surface area contributed by atoms with Gasteiger partial charge in [-0.3, -0.25) is 19.4 Å². The van der Waals surface area contributed by atoms with Crippen LogP contribution < -0.4 is 9.55 Å². The van der Waals surface area contributed by atoms with Crippen molar-refractivity contribution >= 4 is 17.5 Å². The van der Waals surface area contributed by atoms with Crippen LogP contribution in [-0.4, -0.2) is 33.9 Å². The number of hydrogen-bond donors (Lipinski definition) is 1. The highest BCUT2D eigenvalue weighted by atomic mass is 16.2. The molecular weight excluding hydrogens is 380 g/mol. The number of H-pyrrole nitrogens is 2. The molecule has 0 spiro atoms. The summed E-state index contributed by atoms with van der Waals surface area (Å²) < 4.78 is 1.97. The zero-order valence-electron chi connectivity index (χ0n) is 16.7. The number of carbonyl (C=O) groups is 3. The van der Waals surface area contributed by atoms with E-state index in [1.807, 2.05) is 54.5 Å². The largest absolute Gasteiger partial charge is 0.327 e. The summed E-state index contributed by atoms with van der Waals surface area (Å²) >= 11 is 0. The van der Waals surface area contributed by atoms with Crippen molar-refractivity contribution < 1.29 is 23.9 Å². The second-order valence-electron chi connectivity index (χ2n) is 7.56. The van der Waals surface area contributed by atoms with Crippen LogP contribution >= 0.6 is 0 Å². The van der Waals surface area contributed by atoms with Crippen LogP contribution in [0.5, 0.6) is 0 Å². The molecule has 2 atom stereocenters. The van der Waals surface area contributed by atoms with Gasteiger partial charge in [0, 0.05) is 30.2 Å². The van der Waals surface area contributed by atoms with Gasteiger partial charge in [-0.15, -0.1) is 0 Å². The van der Waals surface area contributed by atoms with E-state index in [1.165, 1.54) is 0 Å². The highest BCUT2D eigenvalue weighted by Gasteiger charge is 2.51. The number of amides is 1. The zero-order valence-corrected chi connectivity index (χ0v) is 16.7. The number of hydrogen-bond acceptors (Lipinski definition) is 3. The number of aromatic amines is 2. The number of ketones is 2. The average Bonchev–Trinajstić information content (AvgIpc) is 3.37. The summed E-state index contributed by atoms with van der Waals surface area (Å²) in [5, 5.41) is 0. The van der Waals surface area contributed by atoms with Gasteiger partial charge >= 0.3 is 0 Å². The van der Waals surface area contributed by atoms with Crippen molar-refractivity contribution in [1.29, 1.82) is 0 Å². The van der Waals surface area contributed by atoms with Gasteiger partial charge in [0.1, 0.15) is 18.3 Å². The Morgan fingerprint density at radius 1 is 1.20 bits per heavy atom. The minimum Gasteiger partial charge on any atom is -0.327 e. The van der Waals surface area contributed by atoms with E-state index in [9.17, 15) is 14.4 Å². The Balaban J connectivity index is 1.64. The minimum atomic E-state index is -1.05. The number of benzene rings is 1. The number of carbonyl (C=O) groups excluding carboxylic acids is 3. The van der Waals surface area contributed by atoms with Crippen molar-refractivity contribution in [2.24, 2.45) is 5.92 Å². The molecule has 0 saturated carbocycles. The fraction of sp³-hybridized carbons (Fsp3) is 0.261. The van der Waals surface area contributed by atoms with Gasteiger partial charge in [0.25, 0.3) is 5.91 Å². The van der Waals surface area contributed by atoms with Crippen LogP contribution in [0.25, 0.3) is 0 Å². The van der Waals surface area contributed by atoms with Crippen LogP contribution in [0.2, 0.25) is 0 Å². The van der Waals surface area contributed by atoms with Gasteiger partial charge in [-0.25, -0.2) is 9.55 Å². The molecular formula is C23H24N4O3+2. The molecule has 0 bridgehead atoms. The minimum absolute atomic E-state index is 0.315. The van der Waals surface area contributed by atoms with Crippen molar-refractivity contribution in [1.82, 2.24) is 9.88 Å². The average molecular weight is 404 g/mol. The van der Waals surface area contributed by atoms with Gasteiger partial charge in [-0.2, -0.15) is 0 Å². The number of Topliss-reactive ketones (excluding diaryl/α,β-unsaturated/α-hetero) is 2. The molecule has 1 fully saturated rings. The van der Waals surface area contributed by atoms with E-state index < -0.39 is 23.7 Å². The summed E-state index contributed by atoms with van der Waals surface area (Å²) in [7, 11) is 0.